The van der Waals surface area contributed by atoms with E-state index in [2.05, 4.69) is 10.3 Å². The van der Waals surface area contributed by atoms with Gasteiger partial charge in [0.2, 0.25) is 0 Å². The minimum Gasteiger partial charge on any atom is -0.462 e. The maximum atomic E-state index is 12.2. The summed E-state index contributed by atoms with van der Waals surface area (Å²) in [4.78, 5) is 17.3. The molecule has 4 nitrogen and oxygen atoms in total. The Kier molecular flexibility index (Phi) is 5.72. The van der Waals surface area contributed by atoms with E-state index in [-0.39, 0.29) is 24.1 Å². The van der Waals surface area contributed by atoms with Crippen molar-refractivity contribution >= 4 is 23.3 Å². The largest absolute Gasteiger partial charge is 0.462 e. The van der Waals surface area contributed by atoms with Gasteiger partial charge >= 0.3 is 0 Å². The number of aliphatic imine (C=N–C) groups is 1. The van der Waals surface area contributed by atoms with E-state index < -0.39 is 0 Å². The Morgan fingerprint density at radius 2 is 1.86 bits per heavy atom. The molecule has 0 fully saturated rings. The van der Waals surface area contributed by atoms with Gasteiger partial charge in [0.1, 0.15) is 0 Å². The lowest BCUT2D eigenvalue weighted by Gasteiger charge is -2.15. The third-order valence-corrected chi connectivity index (χ3v) is 3.77. The number of carbonyl (C=O) groups is 1. The maximum absolute atomic E-state index is 12.2. The van der Waals surface area contributed by atoms with Crippen molar-refractivity contribution in [3.05, 3.63) is 58.3 Å². The Morgan fingerprint density at radius 1 is 1.14 bits per heavy atom. The SMILES string of the molecule is CC(C)OC(=N[C@H](C)c1ccccc1)NC(=O)c1cccs1. The van der Waals surface area contributed by atoms with Gasteiger partial charge in [-0.2, -0.15) is 0 Å². The van der Waals surface area contributed by atoms with Gasteiger partial charge < -0.3 is 4.74 Å². The highest BCUT2D eigenvalue weighted by Crippen LogP contribution is 2.16. The van der Waals surface area contributed by atoms with Gasteiger partial charge in [-0.1, -0.05) is 36.4 Å². The Morgan fingerprint density at radius 3 is 2.45 bits per heavy atom. The van der Waals surface area contributed by atoms with Crippen molar-refractivity contribution in [2.45, 2.75) is 32.9 Å². The lowest BCUT2D eigenvalue weighted by molar-refractivity contribution is 0.0963. The van der Waals surface area contributed by atoms with E-state index in [0.717, 1.165) is 5.56 Å². The highest BCUT2D eigenvalue weighted by molar-refractivity contribution is 7.12. The molecule has 5 heteroatoms. The van der Waals surface area contributed by atoms with Crippen LogP contribution in [0.5, 0.6) is 0 Å². The zero-order chi connectivity index (χ0) is 15.9. The fourth-order valence-electron chi connectivity index (χ4n) is 1.86. The maximum Gasteiger partial charge on any atom is 0.292 e. The molecule has 0 saturated heterocycles. The summed E-state index contributed by atoms with van der Waals surface area (Å²) in [6.07, 6.45) is -0.0645. The van der Waals surface area contributed by atoms with Crippen LogP contribution in [0.1, 0.15) is 42.0 Å². The van der Waals surface area contributed by atoms with Crippen molar-refractivity contribution in [2.75, 3.05) is 0 Å². The van der Waals surface area contributed by atoms with Crippen LogP contribution in [0.15, 0.2) is 52.8 Å². The van der Waals surface area contributed by atoms with E-state index in [1.807, 2.05) is 62.5 Å². The van der Waals surface area contributed by atoms with Gasteiger partial charge in [-0.05, 0) is 37.8 Å². The highest BCUT2D eigenvalue weighted by Gasteiger charge is 2.14. The first kappa shape index (κ1) is 16.2. The van der Waals surface area contributed by atoms with E-state index in [4.69, 9.17) is 4.74 Å². The zero-order valence-electron chi connectivity index (χ0n) is 12.9. The van der Waals surface area contributed by atoms with Crippen LogP contribution in [0.3, 0.4) is 0 Å². The summed E-state index contributed by atoms with van der Waals surface area (Å²) in [6, 6.07) is 13.7. The van der Waals surface area contributed by atoms with Gasteiger partial charge in [-0.25, -0.2) is 4.99 Å². The molecule has 1 N–H and O–H groups in total. The number of thiophene rings is 1. The molecule has 0 radical (unpaired) electrons. The van der Waals surface area contributed by atoms with Gasteiger partial charge in [0.25, 0.3) is 11.9 Å². The number of ether oxygens (including phenoxy) is 1. The molecule has 2 aromatic rings. The molecule has 1 heterocycles. The van der Waals surface area contributed by atoms with Crippen LogP contribution < -0.4 is 5.32 Å². The van der Waals surface area contributed by atoms with Gasteiger partial charge in [-0.3, -0.25) is 10.1 Å². The molecule has 0 spiro atoms. The number of benzene rings is 1. The molecule has 0 unspecified atom stereocenters. The fraction of sp³-hybridized carbons (Fsp3) is 0.294. The Bertz CT molecular complexity index is 621. The molecule has 116 valence electrons. The van der Waals surface area contributed by atoms with Crippen molar-refractivity contribution in [2.24, 2.45) is 4.99 Å². The lowest BCUT2D eigenvalue weighted by Crippen LogP contribution is -2.34. The van der Waals surface area contributed by atoms with Crippen LogP contribution >= 0.6 is 11.3 Å². The number of nitrogens with zero attached hydrogens (tertiary/aromatic N) is 1. The summed E-state index contributed by atoms with van der Waals surface area (Å²) in [7, 11) is 0. The van der Waals surface area contributed by atoms with Crippen LogP contribution in [0.2, 0.25) is 0 Å². The van der Waals surface area contributed by atoms with Crippen molar-refractivity contribution in [3.63, 3.8) is 0 Å². The Balaban J connectivity index is 2.14. The predicted molar refractivity (Wildman–Crippen MR) is 90.3 cm³/mol. The first-order chi connectivity index (χ1) is 10.6. The number of nitrogens with one attached hydrogen (secondary N) is 1. The predicted octanol–water partition coefficient (Wildman–Crippen LogP) is 4.02. The minimum absolute atomic E-state index is 0.0645. The lowest BCUT2D eigenvalue weighted by atomic mass is 10.1. The third-order valence-electron chi connectivity index (χ3n) is 2.91. The number of amidine groups is 1. The van der Waals surface area contributed by atoms with Crippen LogP contribution in [-0.2, 0) is 4.74 Å². The topological polar surface area (TPSA) is 50.7 Å². The first-order valence-corrected chi connectivity index (χ1v) is 8.08. The summed E-state index contributed by atoms with van der Waals surface area (Å²) in [6.45, 7) is 5.77. The molecule has 0 aliphatic rings. The molecule has 1 aromatic carbocycles. The van der Waals surface area contributed by atoms with Crippen LogP contribution in [0.25, 0.3) is 0 Å². The van der Waals surface area contributed by atoms with Gasteiger partial charge in [0.05, 0.1) is 17.0 Å². The van der Waals surface area contributed by atoms with E-state index in [1.54, 1.807) is 6.07 Å². The smallest absolute Gasteiger partial charge is 0.292 e. The average Bonchev–Trinajstić information content (AvgIpc) is 3.01. The molecule has 1 amide bonds. The molecule has 0 saturated carbocycles. The molecule has 1 atom stereocenters. The second kappa shape index (κ2) is 7.75. The summed E-state index contributed by atoms with van der Waals surface area (Å²) in [5.74, 6) is -0.199. The fourth-order valence-corrected chi connectivity index (χ4v) is 2.48. The van der Waals surface area contributed by atoms with E-state index in [0.29, 0.717) is 4.88 Å². The molecule has 1 aromatic heterocycles. The quantitative estimate of drug-likeness (QED) is 0.684. The van der Waals surface area contributed by atoms with E-state index in [9.17, 15) is 4.79 Å². The Labute approximate surface area is 134 Å². The molecule has 22 heavy (non-hydrogen) atoms. The van der Waals surface area contributed by atoms with Gasteiger partial charge in [-0.15, -0.1) is 11.3 Å². The number of amides is 1. The monoisotopic (exact) mass is 316 g/mol. The molecule has 2 rings (SSSR count). The second-order valence-electron chi connectivity index (χ2n) is 5.12. The number of carbonyl (C=O) groups excluding carboxylic acids is 1. The highest BCUT2D eigenvalue weighted by atomic mass is 32.1. The normalized spacial score (nSPS) is 13.0. The minimum atomic E-state index is -0.199. The van der Waals surface area contributed by atoms with Crippen molar-refractivity contribution in [3.8, 4) is 0 Å². The molecular weight excluding hydrogens is 296 g/mol. The number of rotatable bonds is 4. The summed E-state index contributed by atoms with van der Waals surface area (Å²) < 4.78 is 5.63. The standard InChI is InChI=1S/C17H20N2O2S/c1-12(2)21-17(19-16(20)15-10-7-11-22-15)18-13(3)14-8-5-4-6-9-14/h4-13H,1-3H3,(H,18,19,20)/t13-/m1/s1. The molecule has 0 aliphatic carbocycles. The van der Waals surface area contributed by atoms with E-state index in [1.165, 1.54) is 11.3 Å². The third kappa shape index (κ3) is 4.70. The van der Waals surface area contributed by atoms with E-state index >= 15 is 0 Å². The average molecular weight is 316 g/mol. The van der Waals surface area contributed by atoms with Crippen LogP contribution in [0.4, 0.5) is 0 Å². The van der Waals surface area contributed by atoms with Gasteiger partial charge in [0.15, 0.2) is 0 Å². The molecular formula is C17H20N2O2S. The molecule has 0 aliphatic heterocycles. The van der Waals surface area contributed by atoms with Crippen molar-refractivity contribution in [1.82, 2.24) is 5.32 Å². The summed E-state index contributed by atoms with van der Waals surface area (Å²) >= 11 is 1.38. The Hall–Kier alpha value is -2.14. The summed E-state index contributed by atoms with van der Waals surface area (Å²) in [5, 5.41) is 4.61. The second-order valence-corrected chi connectivity index (χ2v) is 6.07. The van der Waals surface area contributed by atoms with Gasteiger partial charge in [0, 0.05) is 0 Å². The molecule has 0 bridgehead atoms. The summed E-state index contributed by atoms with van der Waals surface area (Å²) in [5.41, 5.74) is 1.07. The van der Waals surface area contributed by atoms with Crippen molar-refractivity contribution in [1.29, 1.82) is 0 Å². The first-order valence-electron chi connectivity index (χ1n) is 7.20. The number of hydrogen-bond donors (Lipinski definition) is 1. The van der Waals surface area contributed by atoms with Crippen LogP contribution in [0, 0.1) is 0 Å². The zero-order valence-corrected chi connectivity index (χ0v) is 13.8. The van der Waals surface area contributed by atoms with Crippen LogP contribution in [-0.4, -0.2) is 18.0 Å². The number of hydrogen-bond acceptors (Lipinski definition) is 4. The van der Waals surface area contributed by atoms with Crippen molar-refractivity contribution < 1.29 is 9.53 Å².